The van der Waals surface area contributed by atoms with Gasteiger partial charge in [0.15, 0.2) is 5.78 Å². The Labute approximate surface area is 121 Å². The maximum absolute atomic E-state index is 13.6. The van der Waals surface area contributed by atoms with Crippen LogP contribution in [0, 0.1) is 5.82 Å². The van der Waals surface area contributed by atoms with Crippen LogP contribution in [0.3, 0.4) is 0 Å². The highest BCUT2D eigenvalue weighted by Crippen LogP contribution is 2.25. The van der Waals surface area contributed by atoms with Gasteiger partial charge in [-0.15, -0.1) is 0 Å². The summed E-state index contributed by atoms with van der Waals surface area (Å²) >= 11 is 5.92. The van der Waals surface area contributed by atoms with Crippen LogP contribution >= 0.6 is 11.6 Å². The van der Waals surface area contributed by atoms with Crippen LogP contribution < -0.4 is 10.5 Å². The van der Waals surface area contributed by atoms with Gasteiger partial charge in [-0.25, -0.2) is 4.39 Å². The van der Waals surface area contributed by atoms with E-state index in [0.29, 0.717) is 17.0 Å². The molecule has 104 valence electrons. The second kappa shape index (κ2) is 5.92. The first-order valence-electron chi connectivity index (χ1n) is 5.95. The first kappa shape index (κ1) is 14.3. The van der Waals surface area contributed by atoms with Gasteiger partial charge < -0.3 is 10.5 Å². The lowest BCUT2D eigenvalue weighted by atomic mass is 10.1. The summed E-state index contributed by atoms with van der Waals surface area (Å²) in [5.41, 5.74) is 6.71. The number of nitrogens with two attached hydrogens (primary N) is 1. The van der Waals surface area contributed by atoms with E-state index in [2.05, 4.69) is 0 Å². The van der Waals surface area contributed by atoms with E-state index in [0.717, 1.165) is 0 Å². The Kier molecular flexibility index (Phi) is 4.25. The summed E-state index contributed by atoms with van der Waals surface area (Å²) in [5.74, 6) is -0.268. The predicted molar refractivity (Wildman–Crippen MR) is 76.6 cm³/mol. The number of benzene rings is 2. The molecule has 20 heavy (non-hydrogen) atoms. The Bertz CT molecular complexity index is 638. The molecule has 2 aromatic rings. The molecule has 0 bridgehead atoms. The van der Waals surface area contributed by atoms with Crippen LogP contribution in [0.5, 0.6) is 5.75 Å². The fourth-order valence-electron chi connectivity index (χ4n) is 1.77. The second-order valence-corrected chi connectivity index (χ2v) is 4.71. The standard InChI is InChI=1S/C15H13ClFNO2/c1-9(19)11-7-10(18)5-6-15(11)20-8-12-13(16)3-2-4-14(12)17/h2-7H,8,18H2,1H3. The summed E-state index contributed by atoms with van der Waals surface area (Å²) < 4.78 is 19.1. The van der Waals surface area contributed by atoms with Gasteiger partial charge in [-0.3, -0.25) is 4.79 Å². The van der Waals surface area contributed by atoms with E-state index in [9.17, 15) is 9.18 Å². The fraction of sp³-hybridized carbons (Fsp3) is 0.133. The molecule has 0 aliphatic rings. The molecule has 0 amide bonds. The Hall–Kier alpha value is -2.07. The lowest BCUT2D eigenvalue weighted by Gasteiger charge is -2.12. The van der Waals surface area contributed by atoms with E-state index < -0.39 is 5.82 Å². The monoisotopic (exact) mass is 293 g/mol. The van der Waals surface area contributed by atoms with Gasteiger partial charge in [-0.2, -0.15) is 0 Å². The Morgan fingerprint density at radius 3 is 2.75 bits per heavy atom. The highest BCUT2D eigenvalue weighted by Gasteiger charge is 2.12. The third kappa shape index (κ3) is 3.08. The lowest BCUT2D eigenvalue weighted by Crippen LogP contribution is -2.04. The molecule has 0 aliphatic heterocycles. The Morgan fingerprint density at radius 1 is 1.35 bits per heavy atom. The molecule has 0 aliphatic carbocycles. The van der Waals surface area contributed by atoms with Crippen molar-refractivity contribution in [1.29, 1.82) is 0 Å². The van der Waals surface area contributed by atoms with Gasteiger partial charge in [0.2, 0.25) is 0 Å². The highest BCUT2D eigenvalue weighted by atomic mass is 35.5. The number of nitrogen functional groups attached to an aromatic ring is 1. The number of ether oxygens (including phenoxy) is 1. The summed E-state index contributed by atoms with van der Waals surface area (Å²) in [6.07, 6.45) is 0. The summed E-state index contributed by atoms with van der Waals surface area (Å²) in [6, 6.07) is 9.13. The number of ketones is 1. The number of carbonyl (C=O) groups is 1. The predicted octanol–water partition coefficient (Wildman–Crippen LogP) is 3.84. The van der Waals surface area contributed by atoms with Crippen molar-refractivity contribution < 1.29 is 13.9 Å². The molecular weight excluding hydrogens is 281 g/mol. The normalized spacial score (nSPS) is 10.3. The quantitative estimate of drug-likeness (QED) is 0.688. The molecule has 0 heterocycles. The zero-order chi connectivity index (χ0) is 14.7. The summed E-state index contributed by atoms with van der Waals surface area (Å²) in [7, 11) is 0. The van der Waals surface area contributed by atoms with Crippen molar-refractivity contribution in [2.24, 2.45) is 0 Å². The maximum atomic E-state index is 13.6. The first-order chi connectivity index (χ1) is 9.49. The van der Waals surface area contributed by atoms with Gasteiger partial charge in [-0.05, 0) is 37.3 Å². The number of anilines is 1. The van der Waals surface area contributed by atoms with Crippen LogP contribution in [0.2, 0.25) is 5.02 Å². The molecule has 3 nitrogen and oxygen atoms in total. The molecule has 0 aromatic heterocycles. The van der Waals surface area contributed by atoms with E-state index in [1.54, 1.807) is 18.2 Å². The van der Waals surface area contributed by atoms with Gasteiger partial charge in [0.05, 0.1) is 10.6 Å². The third-order valence-corrected chi connectivity index (χ3v) is 3.17. The summed E-state index contributed by atoms with van der Waals surface area (Å²) in [4.78, 5) is 11.5. The number of hydrogen-bond donors (Lipinski definition) is 1. The van der Waals surface area contributed by atoms with E-state index in [-0.39, 0.29) is 23.0 Å². The van der Waals surface area contributed by atoms with Crippen molar-refractivity contribution >= 4 is 23.1 Å². The molecule has 0 saturated heterocycles. The van der Waals surface area contributed by atoms with Crippen molar-refractivity contribution in [3.8, 4) is 5.75 Å². The number of rotatable bonds is 4. The second-order valence-electron chi connectivity index (χ2n) is 4.30. The van der Waals surface area contributed by atoms with Gasteiger partial charge >= 0.3 is 0 Å². The molecule has 0 saturated carbocycles. The van der Waals surface area contributed by atoms with Crippen LogP contribution in [-0.4, -0.2) is 5.78 Å². The molecule has 0 fully saturated rings. The van der Waals surface area contributed by atoms with Gasteiger partial charge in [0.1, 0.15) is 18.2 Å². The highest BCUT2D eigenvalue weighted by molar-refractivity contribution is 6.31. The van der Waals surface area contributed by atoms with Crippen molar-refractivity contribution in [3.05, 3.63) is 58.4 Å². The molecular formula is C15H13ClFNO2. The largest absolute Gasteiger partial charge is 0.488 e. The first-order valence-corrected chi connectivity index (χ1v) is 6.33. The molecule has 5 heteroatoms. The molecule has 0 unspecified atom stereocenters. The van der Waals surface area contributed by atoms with Gasteiger partial charge in [0, 0.05) is 11.3 Å². The summed E-state index contributed by atoms with van der Waals surface area (Å²) in [5, 5.41) is 0.282. The molecule has 2 N–H and O–H groups in total. The number of hydrogen-bond acceptors (Lipinski definition) is 3. The summed E-state index contributed by atoms with van der Waals surface area (Å²) in [6.45, 7) is 1.35. The Balaban J connectivity index is 2.25. The van der Waals surface area contributed by atoms with E-state index in [1.807, 2.05) is 0 Å². The lowest BCUT2D eigenvalue weighted by molar-refractivity contribution is 0.101. The van der Waals surface area contributed by atoms with Crippen LogP contribution in [0.15, 0.2) is 36.4 Å². The SMILES string of the molecule is CC(=O)c1cc(N)ccc1OCc1c(F)cccc1Cl. The molecule has 0 radical (unpaired) electrons. The molecule has 2 rings (SSSR count). The van der Waals surface area contributed by atoms with E-state index in [4.69, 9.17) is 22.1 Å². The number of Topliss-reactive ketones (excluding diaryl/α,β-unsaturated/α-hetero) is 1. The molecule has 0 spiro atoms. The van der Waals surface area contributed by atoms with Crippen molar-refractivity contribution in [3.63, 3.8) is 0 Å². The van der Waals surface area contributed by atoms with Crippen LogP contribution in [0.25, 0.3) is 0 Å². The van der Waals surface area contributed by atoms with Crippen LogP contribution in [0.1, 0.15) is 22.8 Å². The van der Waals surface area contributed by atoms with E-state index >= 15 is 0 Å². The average molecular weight is 294 g/mol. The van der Waals surface area contributed by atoms with Crippen LogP contribution in [-0.2, 0) is 6.61 Å². The minimum Gasteiger partial charge on any atom is -0.488 e. The van der Waals surface area contributed by atoms with Crippen LogP contribution in [0.4, 0.5) is 10.1 Å². The number of carbonyl (C=O) groups excluding carboxylic acids is 1. The molecule has 0 atom stereocenters. The maximum Gasteiger partial charge on any atom is 0.163 e. The van der Waals surface area contributed by atoms with Crippen molar-refractivity contribution in [2.45, 2.75) is 13.5 Å². The molecule has 2 aromatic carbocycles. The smallest absolute Gasteiger partial charge is 0.163 e. The minimum absolute atomic E-state index is 0.0598. The zero-order valence-corrected chi connectivity index (χ0v) is 11.6. The van der Waals surface area contributed by atoms with E-state index in [1.165, 1.54) is 25.1 Å². The van der Waals surface area contributed by atoms with Gasteiger partial charge in [0.25, 0.3) is 0 Å². The minimum atomic E-state index is -0.447. The fourth-order valence-corrected chi connectivity index (χ4v) is 1.99. The van der Waals surface area contributed by atoms with Gasteiger partial charge in [-0.1, -0.05) is 17.7 Å². The zero-order valence-electron chi connectivity index (χ0n) is 10.8. The van der Waals surface area contributed by atoms with Crippen molar-refractivity contribution in [1.82, 2.24) is 0 Å². The number of halogens is 2. The topological polar surface area (TPSA) is 52.3 Å². The van der Waals surface area contributed by atoms with Crippen molar-refractivity contribution in [2.75, 3.05) is 5.73 Å². The Morgan fingerprint density at radius 2 is 2.10 bits per heavy atom. The third-order valence-electron chi connectivity index (χ3n) is 2.82. The average Bonchev–Trinajstić information content (AvgIpc) is 2.39.